The second-order valence-electron chi connectivity index (χ2n) is 6.50. The Balaban J connectivity index is 2.15. The van der Waals surface area contributed by atoms with Gasteiger partial charge in [-0.05, 0) is 49.7 Å². The summed E-state index contributed by atoms with van der Waals surface area (Å²) in [5, 5.41) is -0.652. The zero-order valence-electron chi connectivity index (χ0n) is 16.1. The molecular formula is C20H24FNO5S. The second-order valence-corrected chi connectivity index (χ2v) is 8.59. The zero-order valence-corrected chi connectivity index (χ0v) is 16.9. The van der Waals surface area contributed by atoms with Gasteiger partial charge in [-0.2, -0.15) is 8.42 Å². The molecule has 2 rings (SSSR count). The molecule has 1 amide bonds. The van der Waals surface area contributed by atoms with E-state index in [1.165, 1.54) is 51.3 Å². The summed E-state index contributed by atoms with van der Waals surface area (Å²) in [4.78, 5) is 14.3. The van der Waals surface area contributed by atoms with Gasteiger partial charge in [-0.1, -0.05) is 18.2 Å². The summed E-state index contributed by atoms with van der Waals surface area (Å²) in [6.07, 6.45) is 0. The molecule has 0 saturated heterocycles. The Morgan fingerprint density at radius 2 is 1.82 bits per heavy atom. The molecule has 8 heteroatoms. The predicted molar refractivity (Wildman–Crippen MR) is 104 cm³/mol. The van der Waals surface area contributed by atoms with E-state index in [2.05, 4.69) is 0 Å². The lowest BCUT2D eigenvalue weighted by molar-refractivity contribution is 0.0680. The van der Waals surface area contributed by atoms with Crippen LogP contribution >= 0.6 is 0 Å². The number of hydrogen-bond donors (Lipinski definition) is 0. The first-order valence-corrected chi connectivity index (χ1v) is 10.3. The van der Waals surface area contributed by atoms with Crippen molar-refractivity contribution in [3.63, 3.8) is 0 Å². The Labute approximate surface area is 165 Å². The summed E-state index contributed by atoms with van der Waals surface area (Å²) in [6.45, 7) is 3.99. The first-order chi connectivity index (χ1) is 13.2. The van der Waals surface area contributed by atoms with Crippen molar-refractivity contribution in [1.82, 2.24) is 4.90 Å². The third kappa shape index (κ3) is 6.03. The Morgan fingerprint density at radius 1 is 1.14 bits per heavy atom. The highest BCUT2D eigenvalue weighted by atomic mass is 32.2. The van der Waals surface area contributed by atoms with Crippen LogP contribution in [0.4, 0.5) is 4.39 Å². The standard InChI is InChI=1S/C20H24FNO5S/c1-15(2)28(24,25)27-19-9-7-16(8-10-19)14-22(11-12-26-3)20(23)17-5-4-6-18(21)13-17/h4-10,13,15H,11-12,14H2,1-3H3. The molecule has 0 atom stereocenters. The molecule has 0 spiro atoms. The average Bonchev–Trinajstić information content (AvgIpc) is 2.65. The van der Waals surface area contributed by atoms with E-state index < -0.39 is 21.2 Å². The molecule has 0 heterocycles. The van der Waals surface area contributed by atoms with Crippen LogP contribution in [0, 0.1) is 5.82 Å². The summed E-state index contributed by atoms with van der Waals surface area (Å²) in [7, 11) is -2.14. The molecule has 0 unspecified atom stereocenters. The van der Waals surface area contributed by atoms with Crippen molar-refractivity contribution in [3.8, 4) is 5.75 Å². The van der Waals surface area contributed by atoms with Crippen LogP contribution in [-0.4, -0.2) is 44.7 Å². The van der Waals surface area contributed by atoms with Gasteiger partial charge in [0.15, 0.2) is 0 Å². The van der Waals surface area contributed by atoms with Crippen molar-refractivity contribution in [3.05, 3.63) is 65.5 Å². The molecule has 0 fully saturated rings. The molecule has 0 radical (unpaired) electrons. The van der Waals surface area contributed by atoms with Gasteiger partial charge in [-0.3, -0.25) is 4.79 Å². The van der Waals surface area contributed by atoms with Crippen LogP contribution < -0.4 is 4.18 Å². The molecule has 152 valence electrons. The van der Waals surface area contributed by atoms with Crippen molar-refractivity contribution >= 4 is 16.0 Å². The number of rotatable bonds is 9. The molecule has 0 saturated carbocycles. The van der Waals surface area contributed by atoms with Gasteiger partial charge in [-0.15, -0.1) is 0 Å². The summed E-state index contributed by atoms with van der Waals surface area (Å²) >= 11 is 0. The van der Waals surface area contributed by atoms with Crippen LogP contribution in [0.5, 0.6) is 5.75 Å². The number of carbonyl (C=O) groups excluding carboxylic acids is 1. The second kappa shape index (κ2) is 9.66. The number of benzene rings is 2. The summed E-state index contributed by atoms with van der Waals surface area (Å²) in [6, 6.07) is 12.0. The molecule has 0 aliphatic rings. The minimum absolute atomic E-state index is 0.206. The van der Waals surface area contributed by atoms with E-state index in [4.69, 9.17) is 8.92 Å². The highest BCUT2D eigenvalue weighted by Gasteiger charge is 2.19. The van der Waals surface area contributed by atoms with E-state index in [9.17, 15) is 17.6 Å². The number of methoxy groups -OCH3 is 1. The topological polar surface area (TPSA) is 72.9 Å². The fourth-order valence-corrected chi connectivity index (χ4v) is 2.93. The predicted octanol–water partition coefficient (Wildman–Crippen LogP) is 3.23. The minimum atomic E-state index is -3.67. The summed E-state index contributed by atoms with van der Waals surface area (Å²) in [5.41, 5.74) is 1.02. The van der Waals surface area contributed by atoms with Crippen molar-refractivity contribution in [2.24, 2.45) is 0 Å². The normalized spacial score (nSPS) is 11.5. The monoisotopic (exact) mass is 409 g/mol. The Hall–Kier alpha value is -2.45. The number of nitrogens with zero attached hydrogens (tertiary/aromatic N) is 1. The largest absolute Gasteiger partial charge is 0.383 e. The Morgan fingerprint density at radius 3 is 2.39 bits per heavy atom. The number of hydrogen-bond acceptors (Lipinski definition) is 5. The summed E-state index contributed by atoms with van der Waals surface area (Å²) < 4.78 is 47.2. The van der Waals surface area contributed by atoms with E-state index in [1.807, 2.05) is 0 Å². The molecule has 0 aromatic heterocycles. The smallest absolute Gasteiger partial charge is 0.311 e. The van der Waals surface area contributed by atoms with E-state index in [-0.39, 0.29) is 23.8 Å². The maximum Gasteiger partial charge on any atom is 0.311 e. The Bertz CT molecular complexity index is 897. The van der Waals surface area contributed by atoms with Gasteiger partial charge in [0.25, 0.3) is 5.91 Å². The molecule has 2 aromatic rings. The van der Waals surface area contributed by atoms with E-state index in [1.54, 1.807) is 23.1 Å². The first kappa shape index (κ1) is 21.8. The van der Waals surface area contributed by atoms with Crippen molar-refractivity contribution in [2.45, 2.75) is 25.6 Å². The van der Waals surface area contributed by atoms with Gasteiger partial charge in [0.05, 0.1) is 11.9 Å². The highest BCUT2D eigenvalue weighted by molar-refractivity contribution is 7.87. The minimum Gasteiger partial charge on any atom is -0.383 e. The lowest BCUT2D eigenvalue weighted by Crippen LogP contribution is -2.33. The molecule has 2 aromatic carbocycles. The number of ether oxygens (including phenoxy) is 1. The molecule has 0 N–H and O–H groups in total. The third-order valence-corrected chi connectivity index (χ3v) is 5.59. The van der Waals surface area contributed by atoms with Gasteiger partial charge in [0.1, 0.15) is 11.6 Å². The molecular weight excluding hydrogens is 385 g/mol. The number of carbonyl (C=O) groups is 1. The summed E-state index contributed by atoms with van der Waals surface area (Å²) in [5.74, 6) is -0.595. The molecule has 0 bridgehead atoms. The molecule has 6 nitrogen and oxygen atoms in total. The van der Waals surface area contributed by atoms with Gasteiger partial charge in [0, 0.05) is 25.8 Å². The van der Waals surface area contributed by atoms with Gasteiger partial charge < -0.3 is 13.8 Å². The van der Waals surface area contributed by atoms with Crippen LogP contribution in [0.1, 0.15) is 29.8 Å². The fourth-order valence-electron chi connectivity index (χ4n) is 2.36. The van der Waals surface area contributed by atoms with Gasteiger partial charge in [-0.25, -0.2) is 4.39 Å². The van der Waals surface area contributed by atoms with Crippen molar-refractivity contribution in [1.29, 1.82) is 0 Å². The van der Waals surface area contributed by atoms with Crippen LogP contribution in [0.3, 0.4) is 0 Å². The maximum atomic E-state index is 13.4. The lowest BCUT2D eigenvalue weighted by Gasteiger charge is -2.23. The van der Waals surface area contributed by atoms with Crippen LogP contribution in [-0.2, 0) is 21.4 Å². The molecule has 0 aliphatic heterocycles. The van der Waals surface area contributed by atoms with Crippen molar-refractivity contribution in [2.75, 3.05) is 20.3 Å². The van der Waals surface area contributed by atoms with E-state index >= 15 is 0 Å². The SMILES string of the molecule is COCCN(Cc1ccc(OS(=O)(=O)C(C)C)cc1)C(=O)c1cccc(F)c1. The van der Waals surface area contributed by atoms with E-state index in [0.717, 1.165) is 5.56 Å². The fraction of sp³-hybridized carbons (Fsp3) is 0.350. The molecule has 28 heavy (non-hydrogen) atoms. The molecule has 0 aliphatic carbocycles. The zero-order chi connectivity index (χ0) is 20.7. The lowest BCUT2D eigenvalue weighted by atomic mass is 10.1. The quantitative estimate of drug-likeness (QED) is 0.595. The van der Waals surface area contributed by atoms with Gasteiger partial charge >= 0.3 is 10.1 Å². The highest BCUT2D eigenvalue weighted by Crippen LogP contribution is 2.18. The van der Waals surface area contributed by atoms with E-state index in [0.29, 0.717) is 13.2 Å². The Kier molecular flexibility index (Phi) is 7.53. The maximum absolute atomic E-state index is 13.4. The van der Waals surface area contributed by atoms with Crippen LogP contribution in [0.2, 0.25) is 0 Å². The van der Waals surface area contributed by atoms with Crippen LogP contribution in [0.25, 0.3) is 0 Å². The van der Waals surface area contributed by atoms with Crippen LogP contribution in [0.15, 0.2) is 48.5 Å². The number of amides is 1. The number of halogens is 1. The third-order valence-electron chi connectivity index (χ3n) is 4.01. The van der Waals surface area contributed by atoms with Gasteiger partial charge in [0.2, 0.25) is 0 Å². The van der Waals surface area contributed by atoms with Crippen molar-refractivity contribution < 1.29 is 26.5 Å². The average molecular weight is 409 g/mol. The first-order valence-electron chi connectivity index (χ1n) is 8.79.